The largest absolute Gasteiger partial charge is 0.316 e. The molecule has 1 N–H and O–H groups in total. The molecule has 1 aliphatic rings. The van der Waals surface area contributed by atoms with Crippen molar-refractivity contribution in [1.82, 2.24) is 5.32 Å². The summed E-state index contributed by atoms with van der Waals surface area (Å²) in [6.45, 7) is 0.952. The number of benzene rings is 1. The molecule has 104 valence electrons. The fraction of sp³-hybridized carbons (Fsp3) is 0.500. The molecule has 0 spiro atoms. The van der Waals surface area contributed by atoms with E-state index < -0.39 is 0 Å². The number of halogens is 2. The smallest absolute Gasteiger partial charge is 0.0479 e. The zero-order valence-electron chi connectivity index (χ0n) is 11.4. The highest BCUT2D eigenvalue weighted by molar-refractivity contribution is 9.10. The molecule has 0 bridgehead atoms. The van der Waals surface area contributed by atoms with Crippen LogP contribution in [0.25, 0.3) is 6.08 Å². The molecule has 3 heteroatoms. The standard InChI is InChI=1S/C16H21BrClN/c1-19-11-14(12-5-3-2-4-6-12)9-13-10-15(17)7-8-16(13)18/h7-10,12,19H,2-6,11H2,1H3/b14-9-. The highest BCUT2D eigenvalue weighted by Crippen LogP contribution is 2.32. The number of hydrogen-bond acceptors (Lipinski definition) is 1. The van der Waals surface area contributed by atoms with Gasteiger partial charge in [-0.15, -0.1) is 0 Å². The molecule has 2 rings (SSSR count). The van der Waals surface area contributed by atoms with E-state index in [1.165, 1.54) is 37.7 Å². The van der Waals surface area contributed by atoms with Crippen molar-refractivity contribution in [3.05, 3.63) is 38.8 Å². The molecular formula is C16H21BrClN. The number of likely N-dealkylation sites (N-methyl/N-ethyl adjacent to an activating group) is 1. The first kappa shape index (κ1) is 15.1. The van der Waals surface area contributed by atoms with Gasteiger partial charge in [-0.25, -0.2) is 0 Å². The highest BCUT2D eigenvalue weighted by atomic mass is 79.9. The van der Waals surface area contributed by atoms with Gasteiger partial charge in [-0.2, -0.15) is 0 Å². The van der Waals surface area contributed by atoms with E-state index >= 15 is 0 Å². The second kappa shape index (κ2) is 7.47. The first-order valence-corrected chi connectivity index (χ1v) is 8.18. The molecule has 0 heterocycles. The summed E-state index contributed by atoms with van der Waals surface area (Å²) in [5, 5.41) is 4.12. The van der Waals surface area contributed by atoms with Crippen molar-refractivity contribution in [2.24, 2.45) is 5.92 Å². The minimum absolute atomic E-state index is 0.719. The minimum atomic E-state index is 0.719. The van der Waals surface area contributed by atoms with Crippen LogP contribution in [0.15, 0.2) is 28.2 Å². The molecule has 1 aromatic carbocycles. The van der Waals surface area contributed by atoms with E-state index in [9.17, 15) is 0 Å². The molecule has 1 fully saturated rings. The van der Waals surface area contributed by atoms with Gasteiger partial charge in [0.2, 0.25) is 0 Å². The van der Waals surface area contributed by atoms with Crippen molar-refractivity contribution in [3.8, 4) is 0 Å². The molecule has 0 aromatic heterocycles. The van der Waals surface area contributed by atoms with Gasteiger partial charge in [0.05, 0.1) is 0 Å². The SMILES string of the molecule is CNC/C(=C/c1cc(Br)ccc1Cl)C1CCCCC1. The summed E-state index contributed by atoms with van der Waals surface area (Å²) in [5.41, 5.74) is 2.61. The Morgan fingerprint density at radius 3 is 2.79 bits per heavy atom. The van der Waals surface area contributed by atoms with Crippen LogP contribution in [0.1, 0.15) is 37.7 Å². The van der Waals surface area contributed by atoms with Crippen LogP contribution in [0.4, 0.5) is 0 Å². The van der Waals surface area contributed by atoms with Crippen LogP contribution in [-0.2, 0) is 0 Å². The van der Waals surface area contributed by atoms with Gasteiger partial charge in [-0.1, -0.05) is 58.4 Å². The minimum Gasteiger partial charge on any atom is -0.316 e. The monoisotopic (exact) mass is 341 g/mol. The molecule has 1 aliphatic carbocycles. The maximum absolute atomic E-state index is 6.29. The Bertz CT molecular complexity index is 450. The first-order chi connectivity index (χ1) is 9.20. The van der Waals surface area contributed by atoms with Crippen molar-refractivity contribution < 1.29 is 0 Å². The van der Waals surface area contributed by atoms with Crippen molar-refractivity contribution in [3.63, 3.8) is 0 Å². The first-order valence-electron chi connectivity index (χ1n) is 7.01. The summed E-state index contributed by atoms with van der Waals surface area (Å²) in [6, 6.07) is 6.04. The van der Waals surface area contributed by atoms with Gasteiger partial charge >= 0.3 is 0 Å². The molecule has 0 aliphatic heterocycles. The van der Waals surface area contributed by atoms with Gasteiger partial charge in [0.25, 0.3) is 0 Å². The fourth-order valence-corrected chi connectivity index (χ4v) is 3.37. The normalized spacial score (nSPS) is 17.7. The lowest BCUT2D eigenvalue weighted by molar-refractivity contribution is 0.398. The predicted molar refractivity (Wildman–Crippen MR) is 87.6 cm³/mol. The van der Waals surface area contributed by atoms with Gasteiger partial charge in [0, 0.05) is 16.0 Å². The molecule has 1 aromatic rings. The third kappa shape index (κ3) is 4.34. The van der Waals surface area contributed by atoms with E-state index in [1.54, 1.807) is 0 Å². The van der Waals surface area contributed by atoms with Crippen LogP contribution < -0.4 is 5.32 Å². The molecule has 1 saturated carbocycles. The predicted octanol–water partition coefficient (Wildman–Crippen LogP) is 5.29. The van der Waals surface area contributed by atoms with Crippen molar-refractivity contribution in [2.75, 3.05) is 13.6 Å². The molecule has 1 nitrogen and oxygen atoms in total. The Kier molecular flexibility index (Phi) is 5.93. The fourth-order valence-electron chi connectivity index (χ4n) is 2.82. The Hall–Kier alpha value is -0.310. The van der Waals surface area contributed by atoms with Crippen molar-refractivity contribution in [1.29, 1.82) is 0 Å². The maximum Gasteiger partial charge on any atom is 0.0479 e. The van der Waals surface area contributed by atoms with Crippen LogP contribution in [-0.4, -0.2) is 13.6 Å². The summed E-state index contributed by atoms with van der Waals surface area (Å²) >= 11 is 9.81. The second-order valence-electron chi connectivity index (χ2n) is 5.25. The Morgan fingerprint density at radius 1 is 1.37 bits per heavy atom. The average Bonchev–Trinajstić information content (AvgIpc) is 2.43. The third-order valence-corrected chi connectivity index (χ3v) is 4.65. The van der Waals surface area contributed by atoms with E-state index in [2.05, 4.69) is 33.4 Å². The zero-order valence-corrected chi connectivity index (χ0v) is 13.7. The summed E-state index contributed by atoms with van der Waals surface area (Å²) in [7, 11) is 2.01. The second-order valence-corrected chi connectivity index (χ2v) is 6.57. The lowest BCUT2D eigenvalue weighted by atomic mass is 9.83. The van der Waals surface area contributed by atoms with Gasteiger partial charge in [-0.3, -0.25) is 0 Å². The summed E-state index contributed by atoms with van der Waals surface area (Å²) in [5.74, 6) is 0.719. The van der Waals surface area contributed by atoms with Crippen LogP contribution in [0.2, 0.25) is 5.02 Å². The topological polar surface area (TPSA) is 12.0 Å². The molecule has 0 amide bonds. The summed E-state index contributed by atoms with van der Waals surface area (Å²) in [6.07, 6.45) is 9.02. The van der Waals surface area contributed by atoms with Crippen LogP contribution in [0.5, 0.6) is 0 Å². The number of hydrogen-bond donors (Lipinski definition) is 1. The van der Waals surface area contributed by atoms with E-state index in [4.69, 9.17) is 11.6 Å². The molecular weight excluding hydrogens is 322 g/mol. The van der Waals surface area contributed by atoms with Gasteiger partial charge in [0.15, 0.2) is 0 Å². The quantitative estimate of drug-likeness (QED) is 0.784. The van der Waals surface area contributed by atoms with Crippen LogP contribution >= 0.6 is 27.5 Å². The molecule has 0 atom stereocenters. The van der Waals surface area contributed by atoms with Gasteiger partial charge in [-0.05, 0) is 49.6 Å². The van der Waals surface area contributed by atoms with E-state index in [0.717, 1.165) is 27.5 Å². The highest BCUT2D eigenvalue weighted by Gasteiger charge is 2.17. The summed E-state index contributed by atoms with van der Waals surface area (Å²) < 4.78 is 1.08. The summed E-state index contributed by atoms with van der Waals surface area (Å²) in [4.78, 5) is 0. The zero-order chi connectivity index (χ0) is 13.7. The molecule has 19 heavy (non-hydrogen) atoms. The Balaban J connectivity index is 2.25. The Morgan fingerprint density at radius 2 is 2.11 bits per heavy atom. The third-order valence-electron chi connectivity index (χ3n) is 3.81. The van der Waals surface area contributed by atoms with E-state index in [0.29, 0.717) is 0 Å². The van der Waals surface area contributed by atoms with Crippen molar-refractivity contribution >= 4 is 33.6 Å². The van der Waals surface area contributed by atoms with Crippen LogP contribution in [0.3, 0.4) is 0 Å². The Labute approximate surface area is 129 Å². The van der Waals surface area contributed by atoms with Crippen LogP contribution in [0, 0.1) is 5.92 Å². The molecule has 0 radical (unpaired) electrons. The number of rotatable bonds is 4. The lowest BCUT2D eigenvalue weighted by Gasteiger charge is -2.25. The van der Waals surface area contributed by atoms with Gasteiger partial charge < -0.3 is 5.32 Å². The maximum atomic E-state index is 6.29. The number of nitrogens with one attached hydrogen (secondary N) is 1. The average molecular weight is 343 g/mol. The van der Waals surface area contributed by atoms with Gasteiger partial charge in [0.1, 0.15) is 0 Å². The van der Waals surface area contributed by atoms with Crippen molar-refractivity contribution in [2.45, 2.75) is 32.1 Å². The molecule has 0 unspecified atom stereocenters. The lowest BCUT2D eigenvalue weighted by Crippen LogP contribution is -2.19. The van der Waals surface area contributed by atoms with E-state index in [1.807, 2.05) is 19.2 Å². The van der Waals surface area contributed by atoms with E-state index in [-0.39, 0.29) is 0 Å². The molecule has 0 saturated heterocycles.